The van der Waals surface area contributed by atoms with E-state index in [1.54, 1.807) is 6.07 Å². The second-order valence-electron chi connectivity index (χ2n) is 1.13. The minimum atomic E-state index is -0.945. The molecule has 0 saturated carbocycles. The molecular formula is C4H4ClNO2. The van der Waals surface area contributed by atoms with Gasteiger partial charge in [-0.15, -0.1) is 0 Å². The van der Waals surface area contributed by atoms with Crippen LogP contribution in [-0.4, -0.2) is 11.5 Å². The Morgan fingerprint density at radius 1 is 2.00 bits per heavy atom. The summed E-state index contributed by atoms with van der Waals surface area (Å²) in [5.74, 6) is 0. The molecule has 1 unspecified atom stereocenters. The number of hydrogen-bond donors (Lipinski definition) is 0. The number of nitriles is 1. The van der Waals surface area contributed by atoms with Gasteiger partial charge in [-0.05, 0) is 6.92 Å². The SMILES string of the molecule is CC(C#N)OC(=O)Cl. The highest BCUT2D eigenvalue weighted by atomic mass is 35.5. The second kappa shape index (κ2) is 3.28. The quantitative estimate of drug-likeness (QED) is 0.506. The Balaban J connectivity index is 3.43. The van der Waals surface area contributed by atoms with Crippen molar-refractivity contribution in [3.8, 4) is 6.07 Å². The minimum absolute atomic E-state index is 0.750. The lowest BCUT2D eigenvalue weighted by atomic mass is 10.5. The van der Waals surface area contributed by atoms with Crippen molar-refractivity contribution >= 4 is 17.0 Å². The molecule has 8 heavy (non-hydrogen) atoms. The Morgan fingerprint density at radius 3 is 2.62 bits per heavy atom. The van der Waals surface area contributed by atoms with Crippen LogP contribution in [0.1, 0.15) is 6.92 Å². The Kier molecular flexibility index (Phi) is 2.97. The molecule has 0 spiro atoms. The molecular weight excluding hydrogens is 130 g/mol. The van der Waals surface area contributed by atoms with Gasteiger partial charge in [-0.25, -0.2) is 4.79 Å². The van der Waals surface area contributed by atoms with Gasteiger partial charge in [-0.1, -0.05) is 0 Å². The van der Waals surface area contributed by atoms with Gasteiger partial charge in [0.05, 0.1) is 0 Å². The topological polar surface area (TPSA) is 50.1 Å². The summed E-state index contributed by atoms with van der Waals surface area (Å²) >= 11 is 4.74. The summed E-state index contributed by atoms with van der Waals surface area (Å²) in [4.78, 5) is 9.81. The summed E-state index contributed by atoms with van der Waals surface area (Å²) in [7, 11) is 0. The molecule has 0 aromatic heterocycles. The summed E-state index contributed by atoms with van der Waals surface area (Å²) in [6.45, 7) is 1.43. The van der Waals surface area contributed by atoms with Crippen LogP contribution in [0.5, 0.6) is 0 Å². The van der Waals surface area contributed by atoms with Crippen molar-refractivity contribution in [3.63, 3.8) is 0 Å². The van der Waals surface area contributed by atoms with Crippen molar-refractivity contribution in [1.82, 2.24) is 0 Å². The molecule has 1 atom stereocenters. The smallest absolute Gasteiger partial charge is 0.405 e. The van der Waals surface area contributed by atoms with E-state index in [-0.39, 0.29) is 0 Å². The van der Waals surface area contributed by atoms with E-state index in [1.807, 2.05) is 0 Å². The lowest BCUT2D eigenvalue weighted by molar-refractivity contribution is 0.156. The molecule has 0 aromatic rings. The Hall–Kier alpha value is -0.750. The molecule has 0 aromatic carbocycles. The lowest BCUT2D eigenvalue weighted by Gasteiger charge is -1.97. The van der Waals surface area contributed by atoms with Crippen LogP contribution < -0.4 is 0 Å². The summed E-state index contributed by atoms with van der Waals surface area (Å²) in [5.41, 5.74) is -0.945. The van der Waals surface area contributed by atoms with Crippen LogP contribution in [0, 0.1) is 11.3 Å². The fourth-order valence-corrected chi connectivity index (χ4v) is 0.299. The predicted molar refractivity (Wildman–Crippen MR) is 27.4 cm³/mol. The first kappa shape index (κ1) is 7.25. The van der Waals surface area contributed by atoms with Crippen molar-refractivity contribution in [2.24, 2.45) is 0 Å². The normalized spacial score (nSPS) is 11.6. The first-order chi connectivity index (χ1) is 3.66. The molecule has 0 saturated heterocycles. The molecule has 0 fully saturated rings. The van der Waals surface area contributed by atoms with E-state index >= 15 is 0 Å². The zero-order chi connectivity index (χ0) is 6.57. The van der Waals surface area contributed by atoms with E-state index in [0.29, 0.717) is 0 Å². The average Bonchev–Trinajstić information content (AvgIpc) is 1.65. The molecule has 0 radical (unpaired) electrons. The van der Waals surface area contributed by atoms with Crippen LogP contribution in [-0.2, 0) is 4.74 Å². The molecule has 0 bridgehead atoms. The van der Waals surface area contributed by atoms with E-state index < -0.39 is 11.5 Å². The predicted octanol–water partition coefficient (Wildman–Crippen LogP) is 1.27. The fraction of sp³-hybridized carbons (Fsp3) is 0.500. The zero-order valence-electron chi connectivity index (χ0n) is 4.22. The van der Waals surface area contributed by atoms with Gasteiger partial charge in [-0.3, -0.25) is 0 Å². The fourth-order valence-electron chi connectivity index (χ4n) is 0.165. The summed E-state index contributed by atoms with van der Waals surface area (Å²) < 4.78 is 4.16. The van der Waals surface area contributed by atoms with Crippen LogP contribution in [0.3, 0.4) is 0 Å². The maximum atomic E-state index is 9.81. The number of hydrogen-bond acceptors (Lipinski definition) is 3. The molecule has 0 amide bonds. The van der Waals surface area contributed by atoms with Gasteiger partial charge in [0.1, 0.15) is 6.07 Å². The number of rotatable bonds is 1. The van der Waals surface area contributed by atoms with Gasteiger partial charge in [0.15, 0.2) is 6.10 Å². The highest BCUT2D eigenvalue weighted by Crippen LogP contribution is 1.92. The van der Waals surface area contributed by atoms with Gasteiger partial charge in [0.2, 0.25) is 0 Å². The Morgan fingerprint density at radius 2 is 2.50 bits per heavy atom. The number of halogens is 1. The first-order valence-electron chi connectivity index (χ1n) is 1.92. The van der Waals surface area contributed by atoms with Gasteiger partial charge >= 0.3 is 5.43 Å². The van der Waals surface area contributed by atoms with Gasteiger partial charge in [0.25, 0.3) is 0 Å². The van der Waals surface area contributed by atoms with Crippen LogP contribution in [0.4, 0.5) is 4.79 Å². The standard InChI is InChI=1S/C4H4ClNO2/c1-3(2-6)8-4(5)7/h3H,1H3. The highest BCUT2D eigenvalue weighted by Gasteiger charge is 2.01. The molecule has 0 aliphatic rings. The van der Waals surface area contributed by atoms with E-state index in [9.17, 15) is 4.79 Å². The van der Waals surface area contributed by atoms with Crippen LogP contribution >= 0.6 is 11.6 Å². The zero-order valence-corrected chi connectivity index (χ0v) is 4.97. The third-order valence-electron chi connectivity index (χ3n) is 0.451. The van der Waals surface area contributed by atoms with Gasteiger partial charge < -0.3 is 4.74 Å². The molecule has 44 valence electrons. The van der Waals surface area contributed by atoms with Crippen molar-refractivity contribution in [1.29, 1.82) is 5.26 Å². The third kappa shape index (κ3) is 3.44. The van der Waals surface area contributed by atoms with Crippen molar-refractivity contribution in [3.05, 3.63) is 0 Å². The molecule has 0 aliphatic carbocycles. The molecule has 0 aliphatic heterocycles. The van der Waals surface area contributed by atoms with Crippen LogP contribution in [0.2, 0.25) is 0 Å². The summed E-state index contributed by atoms with van der Waals surface area (Å²) in [6, 6.07) is 1.67. The maximum absolute atomic E-state index is 9.81. The molecule has 3 nitrogen and oxygen atoms in total. The van der Waals surface area contributed by atoms with E-state index in [0.717, 1.165) is 0 Å². The number of nitrogens with zero attached hydrogens (tertiary/aromatic N) is 1. The summed E-state index contributed by atoms with van der Waals surface area (Å²) in [5, 5.41) is 8.00. The number of carbonyl (C=O) groups excluding carboxylic acids is 1. The van der Waals surface area contributed by atoms with E-state index in [4.69, 9.17) is 16.9 Å². The largest absolute Gasteiger partial charge is 0.435 e. The molecule has 0 rings (SSSR count). The van der Waals surface area contributed by atoms with Gasteiger partial charge in [-0.2, -0.15) is 5.26 Å². The number of ether oxygens (including phenoxy) is 1. The number of carbonyl (C=O) groups is 1. The van der Waals surface area contributed by atoms with E-state index in [1.165, 1.54) is 6.92 Å². The maximum Gasteiger partial charge on any atom is 0.405 e. The Labute approximate surface area is 51.8 Å². The third-order valence-corrected chi connectivity index (χ3v) is 0.540. The second-order valence-corrected chi connectivity index (χ2v) is 1.44. The van der Waals surface area contributed by atoms with Crippen molar-refractivity contribution < 1.29 is 9.53 Å². The van der Waals surface area contributed by atoms with Crippen molar-refractivity contribution in [2.75, 3.05) is 0 Å². The van der Waals surface area contributed by atoms with Crippen LogP contribution in [0.25, 0.3) is 0 Å². The Bertz CT molecular complexity index is 128. The van der Waals surface area contributed by atoms with Crippen LogP contribution in [0.15, 0.2) is 0 Å². The average molecular weight is 134 g/mol. The monoisotopic (exact) mass is 133 g/mol. The minimum Gasteiger partial charge on any atom is -0.435 e. The van der Waals surface area contributed by atoms with E-state index in [2.05, 4.69) is 4.74 Å². The highest BCUT2D eigenvalue weighted by molar-refractivity contribution is 6.61. The van der Waals surface area contributed by atoms with Gasteiger partial charge in [0, 0.05) is 11.6 Å². The molecule has 4 heteroatoms. The molecule has 0 heterocycles. The van der Waals surface area contributed by atoms with Crippen molar-refractivity contribution in [2.45, 2.75) is 13.0 Å². The lowest BCUT2D eigenvalue weighted by Crippen LogP contribution is -2.05. The summed E-state index contributed by atoms with van der Waals surface area (Å²) in [6.07, 6.45) is -0.750. The molecule has 0 N–H and O–H groups in total. The first-order valence-corrected chi connectivity index (χ1v) is 2.30.